The van der Waals surface area contributed by atoms with E-state index in [-0.39, 0.29) is 11.6 Å². The van der Waals surface area contributed by atoms with Crippen molar-refractivity contribution in [3.8, 4) is 0 Å². The number of benzene rings is 1. The first-order chi connectivity index (χ1) is 9.04. The molecule has 0 aliphatic heterocycles. The monoisotopic (exact) mass is 258 g/mol. The van der Waals surface area contributed by atoms with Crippen molar-refractivity contribution >= 4 is 28.3 Å². The van der Waals surface area contributed by atoms with Gasteiger partial charge in [-0.25, -0.2) is 9.78 Å². The second-order valence-electron chi connectivity index (χ2n) is 4.22. The predicted octanol–water partition coefficient (Wildman–Crippen LogP) is 2.59. The van der Waals surface area contributed by atoms with Gasteiger partial charge >= 0.3 is 5.97 Å². The maximum Gasteiger partial charge on any atom is 0.355 e. The lowest BCUT2D eigenvalue weighted by molar-refractivity contribution is -0.115. The second kappa shape index (κ2) is 5.06. The quantitative estimate of drug-likeness (QED) is 0.886. The molecule has 1 aromatic carbocycles. The number of pyridine rings is 1. The van der Waals surface area contributed by atoms with Gasteiger partial charge in [0.05, 0.1) is 0 Å². The van der Waals surface area contributed by atoms with Crippen LogP contribution in [0.4, 0.5) is 5.69 Å². The van der Waals surface area contributed by atoms with Crippen molar-refractivity contribution in [2.24, 2.45) is 0 Å². The van der Waals surface area contributed by atoms with Gasteiger partial charge < -0.3 is 10.4 Å². The molecule has 19 heavy (non-hydrogen) atoms. The number of aromatic nitrogens is 1. The lowest BCUT2D eigenvalue weighted by Crippen LogP contribution is -2.10. The summed E-state index contributed by atoms with van der Waals surface area (Å²) in [6.45, 7) is 3.58. The molecule has 2 N–H and O–H groups in total. The van der Waals surface area contributed by atoms with Crippen LogP contribution in [0.25, 0.3) is 10.8 Å². The number of hydrogen-bond donors (Lipinski definition) is 2. The molecule has 5 nitrogen and oxygen atoms in total. The van der Waals surface area contributed by atoms with E-state index in [1.165, 1.54) is 6.20 Å². The Balaban J connectivity index is 2.69. The third-order valence-electron chi connectivity index (χ3n) is 2.93. The fraction of sp³-hybridized carbons (Fsp3) is 0.214. The molecule has 0 atom stereocenters. The Hall–Kier alpha value is -2.43. The number of fused-ring (bicyclic) bond motifs is 1. The lowest BCUT2D eigenvalue weighted by Gasteiger charge is -2.11. The number of aromatic carboxylic acids is 1. The molecule has 1 aromatic heterocycles. The minimum atomic E-state index is -1.08. The predicted molar refractivity (Wildman–Crippen MR) is 72.4 cm³/mol. The van der Waals surface area contributed by atoms with Gasteiger partial charge in [0.25, 0.3) is 0 Å². The van der Waals surface area contributed by atoms with E-state index in [2.05, 4.69) is 10.3 Å². The molecule has 1 amide bonds. The van der Waals surface area contributed by atoms with Crippen LogP contribution < -0.4 is 5.32 Å². The van der Waals surface area contributed by atoms with E-state index in [4.69, 9.17) is 0 Å². The highest BCUT2D eigenvalue weighted by Gasteiger charge is 2.14. The summed E-state index contributed by atoms with van der Waals surface area (Å²) in [6, 6.07) is 5.26. The van der Waals surface area contributed by atoms with Gasteiger partial charge in [-0.1, -0.05) is 13.0 Å². The van der Waals surface area contributed by atoms with Gasteiger partial charge in [-0.05, 0) is 24.6 Å². The molecule has 0 fully saturated rings. The standard InChI is InChI=1S/C14H14N2O3/c1-3-11(17)16-10-5-4-8(2)12-9(10)6-7-15-13(12)14(18)19/h4-7H,3H2,1-2H3,(H,16,17)(H,18,19). The van der Waals surface area contributed by atoms with Crippen molar-refractivity contribution in [3.05, 3.63) is 35.7 Å². The number of anilines is 1. The van der Waals surface area contributed by atoms with E-state index in [0.29, 0.717) is 22.9 Å². The molecule has 2 aromatic rings. The Kier molecular flexibility index (Phi) is 3.46. The molecule has 5 heteroatoms. The van der Waals surface area contributed by atoms with E-state index < -0.39 is 5.97 Å². The maximum absolute atomic E-state index is 11.5. The molecule has 2 rings (SSSR count). The Morgan fingerprint density at radius 3 is 2.68 bits per heavy atom. The van der Waals surface area contributed by atoms with Crippen LogP contribution in [-0.4, -0.2) is 22.0 Å². The zero-order valence-corrected chi connectivity index (χ0v) is 10.7. The van der Waals surface area contributed by atoms with E-state index in [0.717, 1.165) is 5.56 Å². The number of nitrogens with one attached hydrogen (secondary N) is 1. The zero-order chi connectivity index (χ0) is 14.0. The summed E-state index contributed by atoms with van der Waals surface area (Å²) in [7, 11) is 0. The molecule has 0 saturated heterocycles. The van der Waals surface area contributed by atoms with Gasteiger partial charge in [0, 0.05) is 29.1 Å². The Morgan fingerprint density at radius 2 is 2.05 bits per heavy atom. The molecule has 0 unspecified atom stereocenters. The number of nitrogens with zero attached hydrogens (tertiary/aromatic N) is 1. The molecule has 1 heterocycles. The smallest absolute Gasteiger partial charge is 0.355 e. The van der Waals surface area contributed by atoms with Crippen LogP contribution in [0.2, 0.25) is 0 Å². The molecule has 0 aliphatic carbocycles. The highest BCUT2D eigenvalue weighted by molar-refractivity contribution is 6.09. The molecule has 0 aliphatic rings. The summed E-state index contributed by atoms with van der Waals surface area (Å²) in [5.41, 5.74) is 1.43. The normalized spacial score (nSPS) is 10.4. The van der Waals surface area contributed by atoms with Crippen LogP contribution in [0.15, 0.2) is 24.4 Å². The number of hydrogen-bond acceptors (Lipinski definition) is 3. The lowest BCUT2D eigenvalue weighted by atomic mass is 10.0. The van der Waals surface area contributed by atoms with Crippen molar-refractivity contribution in [1.29, 1.82) is 0 Å². The van der Waals surface area contributed by atoms with Gasteiger partial charge in [0.1, 0.15) is 0 Å². The largest absolute Gasteiger partial charge is 0.476 e. The third-order valence-corrected chi connectivity index (χ3v) is 2.93. The number of amides is 1. The van der Waals surface area contributed by atoms with Gasteiger partial charge in [0.2, 0.25) is 5.91 Å². The van der Waals surface area contributed by atoms with E-state index >= 15 is 0 Å². The summed E-state index contributed by atoms with van der Waals surface area (Å²) in [6.07, 6.45) is 1.80. The number of carbonyl (C=O) groups excluding carboxylic acids is 1. The van der Waals surface area contributed by atoms with Crippen molar-refractivity contribution in [1.82, 2.24) is 4.98 Å². The van der Waals surface area contributed by atoms with Crippen LogP contribution in [0.1, 0.15) is 29.4 Å². The number of carbonyl (C=O) groups is 2. The number of rotatable bonds is 3. The first-order valence-corrected chi connectivity index (χ1v) is 5.96. The summed E-state index contributed by atoms with van der Waals surface area (Å²) >= 11 is 0. The fourth-order valence-corrected chi connectivity index (χ4v) is 1.98. The van der Waals surface area contributed by atoms with Gasteiger partial charge in [-0.3, -0.25) is 4.79 Å². The molecular formula is C14H14N2O3. The second-order valence-corrected chi connectivity index (χ2v) is 4.22. The minimum absolute atomic E-state index is 0.00241. The Labute approximate surface area is 110 Å². The first kappa shape index (κ1) is 13.0. The molecular weight excluding hydrogens is 244 g/mol. The number of aryl methyl sites for hydroxylation is 1. The minimum Gasteiger partial charge on any atom is -0.476 e. The van der Waals surface area contributed by atoms with Crippen molar-refractivity contribution in [2.75, 3.05) is 5.32 Å². The molecule has 98 valence electrons. The van der Waals surface area contributed by atoms with E-state index in [1.54, 1.807) is 25.1 Å². The van der Waals surface area contributed by atoms with E-state index in [1.807, 2.05) is 6.92 Å². The van der Waals surface area contributed by atoms with E-state index in [9.17, 15) is 14.7 Å². The van der Waals surface area contributed by atoms with Crippen molar-refractivity contribution in [2.45, 2.75) is 20.3 Å². The van der Waals surface area contributed by atoms with Gasteiger partial charge in [0.15, 0.2) is 5.69 Å². The van der Waals surface area contributed by atoms with Crippen LogP contribution in [0.3, 0.4) is 0 Å². The number of carboxylic acids is 1. The average Bonchev–Trinajstić information content (AvgIpc) is 2.41. The highest BCUT2D eigenvalue weighted by atomic mass is 16.4. The molecule has 0 bridgehead atoms. The summed E-state index contributed by atoms with van der Waals surface area (Å²) in [4.78, 5) is 26.6. The third kappa shape index (κ3) is 2.40. The summed E-state index contributed by atoms with van der Waals surface area (Å²) in [5.74, 6) is -1.19. The number of carboxylic acid groups (broad SMARTS) is 1. The van der Waals surface area contributed by atoms with Crippen molar-refractivity contribution in [3.63, 3.8) is 0 Å². The SMILES string of the molecule is CCC(=O)Nc1ccc(C)c2c(C(=O)O)nccc12. The summed E-state index contributed by atoms with van der Waals surface area (Å²) < 4.78 is 0. The molecule has 0 saturated carbocycles. The van der Waals surface area contributed by atoms with Crippen LogP contribution >= 0.6 is 0 Å². The average molecular weight is 258 g/mol. The van der Waals surface area contributed by atoms with Gasteiger partial charge in [-0.2, -0.15) is 0 Å². The van der Waals surface area contributed by atoms with Crippen LogP contribution in [0, 0.1) is 6.92 Å². The first-order valence-electron chi connectivity index (χ1n) is 5.96. The Bertz CT molecular complexity index is 665. The van der Waals surface area contributed by atoms with Crippen molar-refractivity contribution < 1.29 is 14.7 Å². The van der Waals surface area contributed by atoms with Crippen LogP contribution in [0.5, 0.6) is 0 Å². The highest BCUT2D eigenvalue weighted by Crippen LogP contribution is 2.28. The summed E-state index contributed by atoms with van der Waals surface area (Å²) in [5, 5.41) is 13.2. The molecule has 0 spiro atoms. The topological polar surface area (TPSA) is 79.3 Å². The zero-order valence-electron chi connectivity index (χ0n) is 10.7. The molecule has 0 radical (unpaired) electrons. The fourth-order valence-electron chi connectivity index (χ4n) is 1.98. The van der Waals surface area contributed by atoms with Crippen LogP contribution in [-0.2, 0) is 4.79 Å². The maximum atomic E-state index is 11.5. The van der Waals surface area contributed by atoms with Gasteiger partial charge in [-0.15, -0.1) is 0 Å². The Morgan fingerprint density at radius 1 is 1.32 bits per heavy atom.